The number of rotatable bonds is 5. The fourth-order valence-electron chi connectivity index (χ4n) is 4.67. The molecular formula is C27H29F. The lowest BCUT2D eigenvalue weighted by atomic mass is 9.76. The molecule has 0 bridgehead atoms. The smallest absolute Gasteiger partial charge is 0.123 e. The Kier molecular flexibility index (Phi) is 5.90. The molecule has 0 amide bonds. The van der Waals surface area contributed by atoms with Crippen LogP contribution in [0.15, 0.2) is 78.9 Å². The van der Waals surface area contributed by atoms with Gasteiger partial charge in [0, 0.05) is 0 Å². The van der Waals surface area contributed by atoms with Crippen LogP contribution in [0.25, 0.3) is 0 Å². The quantitative estimate of drug-likeness (QED) is 0.432. The maximum absolute atomic E-state index is 13.1. The zero-order valence-electron chi connectivity index (χ0n) is 16.7. The van der Waals surface area contributed by atoms with E-state index in [1.54, 1.807) is 12.1 Å². The van der Waals surface area contributed by atoms with Crippen molar-refractivity contribution in [3.63, 3.8) is 0 Å². The van der Waals surface area contributed by atoms with Crippen molar-refractivity contribution in [2.75, 3.05) is 0 Å². The largest absolute Gasteiger partial charge is 0.207 e. The number of hydrogen-bond acceptors (Lipinski definition) is 0. The SMILES string of the molecule is C[C@@H](Cc1ccc(C2CCC(c3ccc(F)cc3)CC2)cc1)c1ccccc1. The highest BCUT2D eigenvalue weighted by Gasteiger charge is 2.23. The Hall–Kier alpha value is -2.41. The molecule has 1 aliphatic rings. The fourth-order valence-corrected chi connectivity index (χ4v) is 4.67. The summed E-state index contributed by atoms with van der Waals surface area (Å²) in [6, 6.07) is 27.2. The predicted molar refractivity (Wildman–Crippen MR) is 115 cm³/mol. The number of benzene rings is 3. The van der Waals surface area contributed by atoms with Crippen molar-refractivity contribution in [1.29, 1.82) is 0 Å². The third-order valence-corrected chi connectivity index (χ3v) is 6.43. The van der Waals surface area contributed by atoms with Crippen molar-refractivity contribution in [2.24, 2.45) is 0 Å². The summed E-state index contributed by atoms with van der Waals surface area (Å²) in [5.41, 5.74) is 5.60. The molecule has 0 spiro atoms. The van der Waals surface area contributed by atoms with E-state index in [0.29, 0.717) is 17.8 Å². The highest BCUT2D eigenvalue weighted by molar-refractivity contribution is 5.29. The molecule has 1 atom stereocenters. The standard InChI is InChI=1S/C27H29F/c1-20(22-5-3-2-4-6-22)19-21-7-9-23(10-8-21)24-11-13-25(14-12-24)26-15-17-27(28)18-16-26/h2-10,15-18,20,24-25H,11-14,19H2,1H3/t20-,24?,25?/m0/s1. The average Bonchev–Trinajstić information content (AvgIpc) is 2.76. The first-order valence-electron chi connectivity index (χ1n) is 10.6. The molecule has 3 aromatic carbocycles. The van der Waals surface area contributed by atoms with Gasteiger partial charge in [0.05, 0.1) is 0 Å². The average molecular weight is 373 g/mol. The van der Waals surface area contributed by atoms with Crippen LogP contribution in [-0.2, 0) is 6.42 Å². The molecule has 1 heteroatoms. The normalized spacial score (nSPS) is 20.6. The molecule has 0 heterocycles. The third-order valence-electron chi connectivity index (χ3n) is 6.43. The van der Waals surface area contributed by atoms with Gasteiger partial charge in [-0.3, -0.25) is 0 Å². The Morgan fingerprint density at radius 2 is 1.21 bits per heavy atom. The highest BCUT2D eigenvalue weighted by atomic mass is 19.1. The summed E-state index contributed by atoms with van der Waals surface area (Å²) in [7, 11) is 0. The molecule has 1 saturated carbocycles. The van der Waals surface area contributed by atoms with E-state index in [1.807, 2.05) is 12.1 Å². The number of halogens is 1. The van der Waals surface area contributed by atoms with Crippen molar-refractivity contribution in [1.82, 2.24) is 0 Å². The van der Waals surface area contributed by atoms with Crippen LogP contribution in [0, 0.1) is 5.82 Å². The zero-order chi connectivity index (χ0) is 19.3. The van der Waals surface area contributed by atoms with E-state index in [4.69, 9.17) is 0 Å². The van der Waals surface area contributed by atoms with Crippen LogP contribution in [0.2, 0.25) is 0 Å². The van der Waals surface area contributed by atoms with Crippen molar-refractivity contribution in [3.05, 3.63) is 107 Å². The maximum Gasteiger partial charge on any atom is 0.123 e. The topological polar surface area (TPSA) is 0 Å². The highest BCUT2D eigenvalue weighted by Crippen LogP contribution is 2.40. The summed E-state index contributed by atoms with van der Waals surface area (Å²) in [5.74, 6) is 1.65. The van der Waals surface area contributed by atoms with E-state index in [-0.39, 0.29) is 5.82 Å². The zero-order valence-corrected chi connectivity index (χ0v) is 16.7. The minimum atomic E-state index is -0.140. The van der Waals surface area contributed by atoms with Crippen molar-refractivity contribution < 1.29 is 4.39 Å². The van der Waals surface area contributed by atoms with Gasteiger partial charge in [0.2, 0.25) is 0 Å². The lowest BCUT2D eigenvalue weighted by Gasteiger charge is -2.29. The fraction of sp³-hybridized carbons (Fsp3) is 0.333. The van der Waals surface area contributed by atoms with Gasteiger partial charge in [-0.05, 0) is 84.2 Å². The van der Waals surface area contributed by atoms with Gasteiger partial charge in [0.25, 0.3) is 0 Å². The molecule has 4 rings (SSSR count). The molecule has 0 aromatic heterocycles. The lowest BCUT2D eigenvalue weighted by Crippen LogP contribution is -2.12. The summed E-state index contributed by atoms with van der Waals surface area (Å²) in [5, 5.41) is 0. The van der Waals surface area contributed by atoms with Gasteiger partial charge in [-0.2, -0.15) is 0 Å². The summed E-state index contributed by atoms with van der Waals surface area (Å²) >= 11 is 0. The Morgan fingerprint density at radius 3 is 1.75 bits per heavy atom. The molecule has 144 valence electrons. The molecule has 0 saturated heterocycles. The Labute approximate surface area is 168 Å². The van der Waals surface area contributed by atoms with Gasteiger partial charge in [-0.1, -0.05) is 73.7 Å². The number of hydrogen-bond donors (Lipinski definition) is 0. The van der Waals surface area contributed by atoms with Gasteiger partial charge in [0.15, 0.2) is 0 Å². The van der Waals surface area contributed by atoms with Crippen LogP contribution in [0.3, 0.4) is 0 Å². The Morgan fingerprint density at radius 1 is 0.714 bits per heavy atom. The summed E-state index contributed by atoms with van der Waals surface area (Å²) in [6.07, 6.45) is 5.93. The lowest BCUT2D eigenvalue weighted by molar-refractivity contribution is 0.396. The van der Waals surface area contributed by atoms with Gasteiger partial charge in [0.1, 0.15) is 5.82 Å². The van der Waals surface area contributed by atoms with Gasteiger partial charge in [-0.25, -0.2) is 4.39 Å². The van der Waals surface area contributed by atoms with Crippen molar-refractivity contribution in [3.8, 4) is 0 Å². The first-order valence-corrected chi connectivity index (χ1v) is 10.6. The monoisotopic (exact) mass is 372 g/mol. The maximum atomic E-state index is 13.1. The van der Waals surface area contributed by atoms with Crippen LogP contribution >= 0.6 is 0 Å². The van der Waals surface area contributed by atoms with E-state index in [1.165, 1.54) is 47.9 Å². The summed E-state index contributed by atoms with van der Waals surface area (Å²) in [4.78, 5) is 0. The minimum Gasteiger partial charge on any atom is -0.207 e. The summed E-state index contributed by atoms with van der Waals surface area (Å²) in [6.45, 7) is 2.31. The first-order chi connectivity index (χ1) is 13.7. The van der Waals surface area contributed by atoms with E-state index in [0.717, 1.165) is 6.42 Å². The second-order valence-corrected chi connectivity index (χ2v) is 8.36. The predicted octanol–water partition coefficient (Wildman–Crippen LogP) is 7.61. The van der Waals surface area contributed by atoms with Crippen LogP contribution in [0.4, 0.5) is 4.39 Å². The molecule has 28 heavy (non-hydrogen) atoms. The van der Waals surface area contributed by atoms with Crippen LogP contribution in [0.5, 0.6) is 0 Å². The minimum absolute atomic E-state index is 0.140. The molecule has 1 fully saturated rings. The molecule has 0 N–H and O–H groups in total. The Balaban J connectivity index is 1.34. The van der Waals surface area contributed by atoms with Crippen molar-refractivity contribution in [2.45, 2.75) is 56.8 Å². The van der Waals surface area contributed by atoms with Crippen LogP contribution < -0.4 is 0 Å². The van der Waals surface area contributed by atoms with Gasteiger partial charge < -0.3 is 0 Å². The summed E-state index contributed by atoms with van der Waals surface area (Å²) < 4.78 is 13.1. The van der Waals surface area contributed by atoms with E-state index < -0.39 is 0 Å². The first kappa shape index (κ1) is 18.9. The third kappa shape index (κ3) is 4.52. The second kappa shape index (κ2) is 8.73. The van der Waals surface area contributed by atoms with E-state index in [2.05, 4.69) is 61.5 Å². The molecule has 0 radical (unpaired) electrons. The van der Waals surface area contributed by atoms with E-state index in [9.17, 15) is 4.39 Å². The molecule has 0 unspecified atom stereocenters. The van der Waals surface area contributed by atoms with Gasteiger partial charge >= 0.3 is 0 Å². The molecule has 3 aromatic rings. The molecular weight excluding hydrogens is 343 g/mol. The molecule has 0 nitrogen and oxygen atoms in total. The van der Waals surface area contributed by atoms with Crippen LogP contribution in [0.1, 0.15) is 72.6 Å². The molecule has 0 aliphatic heterocycles. The van der Waals surface area contributed by atoms with E-state index >= 15 is 0 Å². The van der Waals surface area contributed by atoms with Crippen LogP contribution in [-0.4, -0.2) is 0 Å². The molecule has 1 aliphatic carbocycles. The van der Waals surface area contributed by atoms with Crippen molar-refractivity contribution >= 4 is 0 Å². The second-order valence-electron chi connectivity index (χ2n) is 8.36. The Bertz CT molecular complexity index is 856. The van der Waals surface area contributed by atoms with Gasteiger partial charge in [-0.15, -0.1) is 0 Å².